The lowest BCUT2D eigenvalue weighted by molar-refractivity contribution is 0.141. The first-order chi connectivity index (χ1) is 5.88. The van der Waals surface area contributed by atoms with E-state index in [-0.39, 0.29) is 12.1 Å². The van der Waals surface area contributed by atoms with E-state index in [4.69, 9.17) is 0 Å². The summed E-state index contributed by atoms with van der Waals surface area (Å²) >= 11 is 1.52. The minimum absolute atomic E-state index is 0.241. The molecule has 1 aromatic heterocycles. The molecule has 2 N–H and O–H groups in total. The van der Waals surface area contributed by atoms with Gasteiger partial charge in [-0.3, -0.25) is 4.98 Å². The lowest BCUT2D eigenvalue weighted by atomic mass is 10.1. The van der Waals surface area contributed by atoms with Gasteiger partial charge >= 0.3 is 0 Å². The first kappa shape index (κ1) is 8.16. The molecular formula is C8H12N2OS. The molecule has 66 valence electrons. The van der Waals surface area contributed by atoms with Gasteiger partial charge in [0.15, 0.2) is 0 Å². The second-order valence-corrected chi connectivity index (χ2v) is 3.97. The van der Waals surface area contributed by atoms with E-state index in [0.29, 0.717) is 0 Å². The third-order valence-corrected chi connectivity index (χ3v) is 3.07. The molecule has 2 rings (SSSR count). The van der Waals surface area contributed by atoms with Crippen LogP contribution in [-0.2, 0) is 0 Å². The van der Waals surface area contributed by atoms with Gasteiger partial charge < -0.3 is 10.4 Å². The first-order valence-corrected chi connectivity index (χ1v) is 5.06. The van der Waals surface area contributed by atoms with Gasteiger partial charge in [-0.2, -0.15) is 0 Å². The minimum atomic E-state index is -0.361. The van der Waals surface area contributed by atoms with E-state index in [9.17, 15) is 5.11 Å². The summed E-state index contributed by atoms with van der Waals surface area (Å²) in [6.07, 6.45) is 3.62. The van der Waals surface area contributed by atoms with E-state index in [1.807, 2.05) is 0 Å². The van der Waals surface area contributed by atoms with Gasteiger partial charge in [0, 0.05) is 12.2 Å². The van der Waals surface area contributed by atoms with E-state index in [2.05, 4.69) is 10.3 Å². The van der Waals surface area contributed by atoms with E-state index < -0.39 is 0 Å². The Morgan fingerprint density at radius 1 is 1.75 bits per heavy atom. The second-order valence-electron chi connectivity index (χ2n) is 3.05. The maximum absolute atomic E-state index is 9.82. The Morgan fingerprint density at radius 2 is 2.67 bits per heavy atom. The Labute approximate surface area is 75.5 Å². The zero-order valence-electron chi connectivity index (χ0n) is 6.73. The van der Waals surface area contributed by atoms with Gasteiger partial charge in [0.2, 0.25) is 0 Å². The van der Waals surface area contributed by atoms with Crippen molar-refractivity contribution < 1.29 is 5.11 Å². The van der Waals surface area contributed by atoms with Gasteiger partial charge in [-0.05, 0) is 19.4 Å². The number of rotatable bonds is 2. The van der Waals surface area contributed by atoms with Crippen LogP contribution in [0.5, 0.6) is 0 Å². The molecule has 2 heterocycles. The highest BCUT2D eigenvalue weighted by molar-refractivity contribution is 7.09. The molecule has 0 radical (unpaired) electrons. The Hall–Kier alpha value is -0.450. The normalized spacial score (nSPS) is 25.9. The number of hydrogen-bond acceptors (Lipinski definition) is 4. The maximum atomic E-state index is 9.82. The lowest BCUT2D eigenvalue weighted by Gasteiger charge is -2.15. The van der Waals surface area contributed by atoms with Crippen molar-refractivity contribution in [3.63, 3.8) is 0 Å². The van der Waals surface area contributed by atoms with Crippen molar-refractivity contribution in [3.05, 3.63) is 16.6 Å². The Kier molecular flexibility index (Phi) is 2.39. The average molecular weight is 184 g/mol. The summed E-state index contributed by atoms with van der Waals surface area (Å²) in [6.45, 7) is 1.03. The van der Waals surface area contributed by atoms with Crippen molar-refractivity contribution in [2.75, 3.05) is 6.54 Å². The summed E-state index contributed by atoms with van der Waals surface area (Å²) in [4.78, 5) is 4.91. The zero-order chi connectivity index (χ0) is 8.39. The van der Waals surface area contributed by atoms with E-state index in [0.717, 1.165) is 17.8 Å². The molecule has 2 atom stereocenters. The monoisotopic (exact) mass is 184 g/mol. The topological polar surface area (TPSA) is 45.2 Å². The van der Waals surface area contributed by atoms with Gasteiger partial charge in [-0.1, -0.05) is 0 Å². The quantitative estimate of drug-likeness (QED) is 0.718. The molecule has 0 aromatic carbocycles. The molecule has 1 aliphatic heterocycles. The highest BCUT2D eigenvalue weighted by Crippen LogP contribution is 2.24. The molecule has 4 heteroatoms. The Morgan fingerprint density at radius 3 is 3.25 bits per heavy atom. The lowest BCUT2D eigenvalue weighted by Crippen LogP contribution is -2.28. The highest BCUT2D eigenvalue weighted by Gasteiger charge is 2.24. The van der Waals surface area contributed by atoms with Crippen LogP contribution < -0.4 is 5.32 Å². The van der Waals surface area contributed by atoms with E-state index >= 15 is 0 Å². The van der Waals surface area contributed by atoms with Crippen LogP contribution in [0.1, 0.15) is 23.8 Å². The minimum Gasteiger partial charge on any atom is -0.386 e. The zero-order valence-corrected chi connectivity index (χ0v) is 7.55. The molecule has 2 unspecified atom stereocenters. The third kappa shape index (κ3) is 1.50. The van der Waals surface area contributed by atoms with Crippen LogP contribution >= 0.6 is 11.3 Å². The number of hydrogen-bond donors (Lipinski definition) is 2. The van der Waals surface area contributed by atoms with E-state index in [1.165, 1.54) is 17.8 Å². The molecule has 1 fully saturated rings. The summed E-state index contributed by atoms with van der Waals surface area (Å²) < 4.78 is 0. The molecule has 12 heavy (non-hydrogen) atoms. The largest absolute Gasteiger partial charge is 0.386 e. The van der Waals surface area contributed by atoms with Crippen LogP contribution in [0.15, 0.2) is 11.7 Å². The highest BCUT2D eigenvalue weighted by atomic mass is 32.1. The van der Waals surface area contributed by atoms with Crippen molar-refractivity contribution in [2.24, 2.45) is 0 Å². The first-order valence-electron chi connectivity index (χ1n) is 4.18. The van der Waals surface area contributed by atoms with Crippen molar-refractivity contribution in [2.45, 2.75) is 25.0 Å². The molecule has 0 spiro atoms. The summed E-state index contributed by atoms with van der Waals surface area (Å²) in [5, 5.41) is 13.1. The predicted octanol–water partition coefficient (Wildman–Crippen LogP) is 0.929. The number of nitrogens with one attached hydrogen (secondary N) is 1. The second kappa shape index (κ2) is 3.51. The standard InChI is InChI=1S/C8H12N2OS/c11-8(6-2-1-3-10-6)7-4-9-5-12-7/h4-6,8,10-11H,1-3H2. The fourth-order valence-corrected chi connectivity index (χ4v) is 2.22. The summed E-state index contributed by atoms with van der Waals surface area (Å²) in [5.41, 5.74) is 1.76. The van der Waals surface area contributed by atoms with Gasteiger partial charge in [-0.15, -0.1) is 11.3 Å². The molecule has 3 nitrogen and oxygen atoms in total. The average Bonchev–Trinajstić information content (AvgIpc) is 2.77. The predicted molar refractivity (Wildman–Crippen MR) is 48.1 cm³/mol. The van der Waals surface area contributed by atoms with Crippen LogP contribution in [0.2, 0.25) is 0 Å². The van der Waals surface area contributed by atoms with Gasteiger partial charge in [0.25, 0.3) is 0 Å². The number of aromatic nitrogens is 1. The number of aliphatic hydroxyl groups is 1. The van der Waals surface area contributed by atoms with Gasteiger partial charge in [0.1, 0.15) is 6.10 Å². The molecule has 1 aliphatic rings. The van der Waals surface area contributed by atoms with Crippen LogP contribution in [0, 0.1) is 0 Å². The van der Waals surface area contributed by atoms with Crippen LogP contribution in [0.25, 0.3) is 0 Å². The molecular weight excluding hydrogens is 172 g/mol. The molecule has 1 aromatic rings. The van der Waals surface area contributed by atoms with Crippen molar-refractivity contribution >= 4 is 11.3 Å². The van der Waals surface area contributed by atoms with Gasteiger partial charge in [-0.25, -0.2) is 0 Å². The molecule has 1 saturated heterocycles. The number of aliphatic hydroxyl groups excluding tert-OH is 1. The number of thiazole rings is 1. The van der Waals surface area contributed by atoms with Crippen LogP contribution in [0.3, 0.4) is 0 Å². The fourth-order valence-electron chi connectivity index (χ4n) is 1.55. The molecule has 0 bridgehead atoms. The Bertz CT molecular complexity index is 231. The summed E-state index contributed by atoms with van der Waals surface area (Å²) in [6, 6.07) is 0.241. The van der Waals surface area contributed by atoms with Gasteiger partial charge in [0.05, 0.1) is 10.4 Å². The van der Waals surface area contributed by atoms with Crippen molar-refractivity contribution in [3.8, 4) is 0 Å². The van der Waals surface area contributed by atoms with Crippen molar-refractivity contribution in [1.29, 1.82) is 0 Å². The smallest absolute Gasteiger partial charge is 0.105 e. The number of nitrogens with zero attached hydrogens (tertiary/aromatic N) is 1. The summed E-state index contributed by atoms with van der Waals surface area (Å²) in [5.74, 6) is 0. The van der Waals surface area contributed by atoms with Crippen molar-refractivity contribution in [1.82, 2.24) is 10.3 Å². The molecule has 0 aliphatic carbocycles. The fraction of sp³-hybridized carbons (Fsp3) is 0.625. The summed E-state index contributed by atoms with van der Waals surface area (Å²) in [7, 11) is 0. The molecule has 0 saturated carbocycles. The van der Waals surface area contributed by atoms with Crippen LogP contribution in [0.4, 0.5) is 0 Å². The van der Waals surface area contributed by atoms with E-state index in [1.54, 1.807) is 11.7 Å². The Balaban J connectivity index is 2.04. The third-order valence-electron chi connectivity index (χ3n) is 2.22. The maximum Gasteiger partial charge on any atom is 0.105 e. The molecule has 0 amide bonds. The SMILES string of the molecule is OC(c1cncs1)C1CCCN1. The van der Waals surface area contributed by atoms with Crippen LogP contribution in [-0.4, -0.2) is 22.7 Å².